The Morgan fingerprint density at radius 1 is 1.22 bits per heavy atom. The smallest absolute Gasteiger partial charge is 0.219 e. The molecule has 2 aromatic rings. The lowest BCUT2D eigenvalue weighted by Crippen LogP contribution is -2.05. The highest BCUT2D eigenvalue weighted by molar-refractivity contribution is 5.36. The van der Waals surface area contributed by atoms with Gasteiger partial charge in [-0.15, -0.1) is 0 Å². The first-order valence-electron chi connectivity index (χ1n) is 5.58. The SMILES string of the molecule is CC(N)c1ccc(Oc2ccc(C#N)cc2)nc1. The van der Waals surface area contributed by atoms with Crippen LogP contribution in [0.15, 0.2) is 42.6 Å². The predicted molar refractivity (Wildman–Crippen MR) is 68.1 cm³/mol. The Morgan fingerprint density at radius 3 is 2.44 bits per heavy atom. The monoisotopic (exact) mass is 239 g/mol. The zero-order chi connectivity index (χ0) is 13.0. The Bertz CT molecular complexity index is 553. The van der Waals surface area contributed by atoms with Gasteiger partial charge in [-0.05, 0) is 36.8 Å². The predicted octanol–water partition coefficient (Wildman–Crippen LogP) is 2.77. The van der Waals surface area contributed by atoms with Crippen molar-refractivity contribution >= 4 is 0 Å². The van der Waals surface area contributed by atoms with E-state index < -0.39 is 0 Å². The van der Waals surface area contributed by atoms with Crippen LogP contribution in [-0.4, -0.2) is 4.98 Å². The van der Waals surface area contributed by atoms with E-state index in [0.29, 0.717) is 17.2 Å². The van der Waals surface area contributed by atoms with Crippen molar-refractivity contribution in [2.24, 2.45) is 5.73 Å². The molecule has 0 bridgehead atoms. The summed E-state index contributed by atoms with van der Waals surface area (Å²) in [6, 6.07) is 12.5. The van der Waals surface area contributed by atoms with Crippen LogP contribution >= 0.6 is 0 Å². The number of nitrogens with zero attached hydrogens (tertiary/aromatic N) is 2. The van der Waals surface area contributed by atoms with Crippen LogP contribution in [0.4, 0.5) is 0 Å². The number of benzene rings is 1. The Balaban J connectivity index is 2.11. The molecule has 0 spiro atoms. The van der Waals surface area contributed by atoms with E-state index in [1.165, 1.54) is 0 Å². The number of ether oxygens (including phenoxy) is 1. The van der Waals surface area contributed by atoms with Crippen molar-refractivity contribution in [1.29, 1.82) is 5.26 Å². The molecule has 4 heteroatoms. The second-order valence-corrected chi connectivity index (χ2v) is 3.96. The molecule has 18 heavy (non-hydrogen) atoms. The number of hydrogen-bond donors (Lipinski definition) is 1. The molecule has 90 valence electrons. The molecule has 1 atom stereocenters. The van der Waals surface area contributed by atoms with E-state index >= 15 is 0 Å². The zero-order valence-electron chi connectivity index (χ0n) is 10.00. The van der Waals surface area contributed by atoms with Gasteiger partial charge in [0.05, 0.1) is 11.6 Å². The molecule has 2 N–H and O–H groups in total. The largest absolute Gasteiger partial charge is 0.439 e. The van der Waals surface area contributed by atoms with Crippen LogP contribution < -0.4 is 10.5 Å². The van der Waals surface area contributed by atoms with Crippen molar-refractivity contribution < 1.29 is 4.74 Å². The molecule has 0 amide bonds. The number of hydrogen-bond acceptors (Lipinski definition) is 4. The summed E-state index contributed by atoms with van der Waals surface area (Å²) in [5.41, 5.74) is 7.30. The standard InChI is InChI=1S/C14H13N3O/c1-10(16)12-4-7-14(17-9-12)18-13-5-2-11(8-15)3-6-13/h2-7,9-10H,16H2,1H3. The third-order valence-corrected chi connectivity index (χ3v) is 2.49. The van der Waals surface area contributed by atoms with Gasteiger partial charge >= 0.3 is 0 Å². The summed E-state index contributed by atoms with van der Waals surface area (Å²) in [5, 5.41) is 8.69. The second kappa shape index (κ2) is 5.30. The van der Waals surface area contributed by atoms with E-state index in [-0.39, 0.29) is 6.04 Å². The van der Waals surface area contributed by atoms with E-state index in [9.17, 15) is 0 Å². The molecule has 4 nitrogen and oxygen atoms in total. The van der Waals surface area contributed by atoms with Gasteiger partial charge in [-0.25, -0.2) is 4.98 Å². The highest BCUT2D eigenvalue weighted by Crippen LogP contribution is 2.20. The van der Waals surface area contributed by atoms with Gasteiger partial charge in [0.1, 0.15) is 5.75 Å². The van der Waals surface area contributed by atoms with Gasteiger partial charge in [-0.3, -0.25) is 0 Å². The summed E-state index contributed by atoms with van der Waals surface area (Å²) in [5.74, 6) is 1.15. The van der Waals surface area contributed by atoms with E-state index in [4.69, 9.17) is 15.7 Å². The van der Waals surface area contributed by atoms with Gasteiger partial charge in [0.15, 0.2) is 0 Å². The van der Waals surface area contributed by atoms with Crippen LogP contribution in [0.3, 0.4) is 0 Å². The summed E-state index contributed by atoms with van der Waals surface area (Å²) in [4.78, 5) is 4.17. The van der Waals surface area contributed by atoms with Crippen LogP contribution in [0, 0.1) is 11.3 Å². The van der Waals surface area contributed by atoms with Crippen molar-refractivity contribution in [2.45, 2.75) is 13.0 Å². The van der Waals surface area contributed by atoms with Crippen molar-refractivity contribution in [3.63, 3.8) is 0 Å². The molecule has 0 saturated heterocycles. The minimum atomic E-state index is -0.0403. The molecule has 1 heterocycles. The first-order valence-corrected chi connectivity index (χ1v) is 5.58. The van der Waals surface area contributed by atoms with Crippen molar-refractivity contribution in [3.8, 4) is 17.7 Å². The minimum Gasteiger partial charge on any atom is -0.439 e. The number of rotatable bonds is 3. The zero-order valence-corrected chi connectivity index (χ0v) is 10.00. The summed E-state index contributed by atoms with van der Waals surface area (Å²) < 4.78 is 5.55. The van der Waals surface area contributed by atoms with Crippen LogP contribution in [0.1, 0.15) is 24.1 Å². The molecule has 1 aromatic carbocycles. The summed E-state index contributed by atoms with van der Waals surface area (Å²) in [7, 11) is 0. The molecule has 0 aliphatic heterocycles. The van der Waals surface area contributed by atoms with E-state index in [1.54, 1.807) is 36.5 Å². The molecule has 2 rings (SSSR count). The lowest BCUT2D eigenvalue weighted by molar-refractivity contribution is 0.462. The maximum atomic E-state index is 8.69. The maximum absolute atomic E-state index is 8.69. The Labute approximate surface area is 106 Å². The number of aromatic nitrogens is 1. The highest BCUT2D eigenvalue weighted by Gasteiger charge is 2.02. The normalized spacial score (nSPS) is 11.6. The second-order valence-electron chi connectivity index (χ2n) is 3.96. The molecule has 0 saturated carbocycles. The Kier molecular flexibility index (Phi) is 3.56. The average Bonchev–Trinajstić information content (AvgIpc) is 2.40. The minimum absolute atomic E-state index is 0.0403. The molecule has 1 aromatic heterocycles. The average molecular weight is 239 g/mol. The lowest BCUT2D eigenvalue weighted by atomic mass is 10.2. The van der Waals surface area contributed by atoms with Gasteiger partial charge in [-0.2, -0.15) is 5.26 Å². The summed E-state index contributed by atoms with van der Waals surface area (Å²) >= 11 is 0. The van der Waals surface area contributed by atoms with E-state index in [0.717, 1.165) is 5.56 Å². The van der Waals surface area contributed by atoms with Crippen LogP contribution in [-0.2, 0) is 0 Å². The van der Waals surface area contributed by atoms with Gasteiger partial charge in [0.25, 0.3) is 0 Å². The fraction of sp³-hybridized carbons (Fsp3) is 0.143. The molecule has 0 fully saturated rings. The highest BCUT2D eigenvalue weighted by atomic mass is 16.5. The lowest BCUT2D eigenvalue weighted by Gasteiger charge is -2.07. The molecule has 0 aliphatic rings. The van der Waals surface area contributed by atoms with Crippen molar-refractivity contribution in [2.75, 3.05) is 0 Å². The van der Waals surface area contributed by atoms with Gasteiger partial charge in [0, 0.05) is 18.3 Å². The molecule has 0 aliphatic carbocycles. The third kappa shape index (κ3) is 2.84. The number of nitrogens with two attached hydrogens (primary N) is 1. The van der Waals surface area contributed by atoms with Crippen molar-refractivity contribution in [3.05, 3.63) is 53.7 Å². The van der Waals surface area contributed by atoms with Gasteiger partial charge in [-0.1, -0.05) is 6.07 Å². The molecule has 0 radical (unpaired) electrons. The van der Waals surface area contributed by atoms with Crippen molar-refractivity contribution in [1.82, 2.24) is 4.98 Å². The molecular weight excluding hydrogens is 226 g/mol. The fourth-order valence-corrected chi connectivity index (χ4v) is 1.44. The van der Waals surface area contributed by atoms with E-state index in [2.05, 4.69) is 11.1 Å². The number of pyridine rings is 1. The summed E-state index contributed by atoms with van der Waals surface area (Å²) in [6.07, 6.45) is 1.70. The Morgan fingerprint density at radius 2 is 1.94 bits per heavy atom. The molecule has 1 unspecified atom stereocenters. The van der Waals surface area contributed by atoms with Crippen LogP contribution in [0.5, 0.6) is 11.6 Å². The maximum Gasteiger partial charge on any atom is 0.219 e. The number of nitriles is 1. The van der Waals surface area contributed by atoms with Crippen LogP contribution in [0.2, 0.25) is 0 Å². The summed E-state index contributed by atoms with van der Waals surface area (Å²) in [6.45, 7) is 1.90. The fourth-order valence-electron chi connectivity index (χ4n) is 1.44. The topological polar surface area (TPSA) is 71.9 Å². The Hall–Kier alpha value is -2.38. The van der Waals surface area contributed by atoms with Gasteiger partial charge < -0.3 is 10.5 Å². The first-order chi connectivity index (χ1) is 8.69. The van der Waals surface area contributed by atoms with Gasteiger partial charge in [0.2, 0.25) is 5.88 Å². The van der Waals surface area contributed by atoms with E-state index in [1.807, 2.05) is 13.0 Å². The third-order valence-electron chi connectivity index (χ3n) is 2.49. The first kappa shape index (κ1) is 12.1. The quantitative estimate of drug-likeness (QED) is 0.893. The molecular formula is C14H13N3O. The van der Waals surface area contributed by atoms with Crippen LogP contribution in [0.25, 0.3) is 0 Å².